The first-order valence-electron chi connectivity index (χ1n) is 9.66. The van der Waals surface area contributed by atoms with E-state index in [2.05, 4.69) is 4.98 Å². The van der Waals surface area contributed by atoms with Gasteiger partial charge in [0.05, 0.1) is 12.6 Å². The Kier molecular flexibility index (Phi) is 4.03. The van der Waals surface area contributed by atoms with Gasteiger partial charge in [0.1, 0.15) is 6.04 Å². The molecule has 7 nitrogen and oxygen atoms in total. The Labute approximate surface area is 174 Å². The zero-order valence-corrected chi connectivity index (χ0v) is 15.8. The number of aromatic amines is 1. The highest BCUT2D eigenvalue weighted by Gasteiger charge is 2.47. The van der Waals surface area contributed by atoms with E-state index in [9.17, 15) is 9.59 Å². The topological polar surface area (TPSA) is 74.9 Å². The molecule has 4 heterocycles. The second kappa shape index (κ2) is 6.52. The molecule has 7 heteroatoms. The maximum Gasteiger partial charge on any atom is 0.245 e. The van der Waals surface area contributed by atoms with Crippen LogP contribution in [0.1, 0.15) is 30.2 Å². The van der Waals surface area contributed by atoms with Gasteiger partial charge in [-0.05, 0) is 29.3 Å². The van der Waals surface area contributed by atoms with Crippen LogP contribution < -0.4 is 9.47 Å². The second-order valence-electron chi connectivity index (χ2n) is 7.81. The fraction of sp³-hybridized carbons (Fsp3) is 0.304. The second-order valence-corrected chi connectivity index (χ2v) is 7.81. The van der Waals surface area contributed by atoms with Crippen molar-refractivity contribution in [1.82, 2.24) is 14.8 Å². The number of ether oxygens (including phenoxy) is 2. The van der Waals surface area contributed by atoms with Gasteiger partial charge in [-0.1, -0.05) is 25.6 Å². The van der Waals surface area contributed by atoms with Gasteiger partial charge in [-0.2, -0.15) is 0 Å². The van der Waals surface area contributed by atoms with Crippen LogP contribution >= 0.6 is 0 Å². The molecule has 0 unspecified atom stereocenters. The third kappa shape index (κ3) is 2.44. The van der Waals surface area contributed by atoms with E-state index in [1.165, 1.54) is 4.90 Å². The number of nitrogens with one attached hydrogen (secondary N) is 1. The maximum absolute atomic E-state index is 13.1. The Morgan fingerprint density at radius 3 is 2.67 bits per heavy atom. The van der Waals surface area contributed by atoms with Crippen molar-refractivity contribution < 1.29 is 19.1 Å². The number of piperazine rings is 1. The summed E-state index contributed by atoms with van der Waals surface area (Å²) in [7, 11) is 1.69. The highest BCUT2D eigenvalue weighted by atomic mass is 16.7. The smallest absolute Gasteiger partial charge is 0.245 e. The van der Waals surface area contributed by atoms with E-state index in [0.29, 0.717) is 17.9 Å². The monoisotopic (exact) mass is 405 g/mol. The van der Waals surface area contributed by atoms with E-state index in [0.717, 1.165) is 27.6 Å². The standard InChI is InChI=1S/C22H19N3O4.CH4/c1-24-10-20(26)25-17(22(24)27)6-12-7-18-19(29-11-28-18)8-14(12)21(25)15-9-23-16-5-3-2-4-13(15)16;/h2-5,7-9,17,21,23H,6,10-11H2,1H3;1H4/t17-,21-;/m0./s1. The third-order valence-electron chi connectivity index (χ3n) is 6.19. The van der Waals surface area contributed by atoms with Gasteiger partial charge in [-0.15, -0.1) is 0 Å². The molecule has 0 bridgehead atoms. The predicted octanol–water partition coefficient (Wildman–Crippen LogP) is 2.85. The number of likely N-dealkylation sites (N-methyl/N-ethyl adjacent to an activating group) is 1. The summed E-state index contributed by atoms with van der Waals surface area (Å²) in [5.41, 5.74) is 3.99. The van der Waals surface area contributed by atoms with Crippen LogP contribution in [0.15, 0.2) is 42.6 Å². The van der Waals surface area contributed by atoms with E-state index in [1.54, 1.807) is 11.9 Å². The largest absolute Gasteiger partial charge is 0.454 e. The predicted molar refractivity (Wildman–Crippen MR) is 111 cm³/mol. The van der Waals surface area contributed by atoms with Gasteiger partial charge in [-0.3, -0.25) is 9.59 Å². The summed E-state index contributed by atoms with van der Waals surface area (Å²) < 4.78 is 11.2. The number of benzene rings is 2. The molecule has 154 valence electrons. The van der Waals surface area contributed by atoms with Crippen LogP contribution in [0.5, 0.6) is 11.5 Å². The number of nitrogens with zero attached hydrogens (tertiary/aromatic N) is 2. The molecular weight excluding hydrogens is 382 g/mol. The Morgan fingerprint density at radius 2 is 1.83 bits per heavy atom. The Balaban J connectivity index is 0.00000193. The molecule has 0 radical (unpaired) electrons. The Bertz CT molecular complexity index is 1180. The number of carbonyl (C=O) groups is 2. The molecule has 3 aliphatic heterocycles. The number of hydrogen-bond donors (Lipinski definition) is 1. The first kappa shape index (κ1) is 18.5. The van der Waals surface area contributed by atoms with Crippen molar-refractivity contribution in [1.29, 1.82) is 0 Å². The first-order chi connectivity index (χ1) is 14.1. The molecule has 3 aliphatic rings. The number of H-pyrrole nitrogens is 1. The van der Waals surface area contributed by atoms with Crippen molar-refractivity contribution >= 4 is 22.7 Å². The van der Waals surface area contributed by atoms with Crippen LogP contribution in [-0.4, -0.2) is 53.0 Å². The number of para-hydroxylation sites is 1. The molecule has 2 aromatic carbocycles. The fourth-order valence-electron chi connectivity index (χ4n) is 4.85. The lowest BCUT2D eigenvalue weighted by molar-refractivity contribution is -0.157. The summed E-state index contributed by atoms with van der Waals surface area (Å²) in [6.45, 7) is 0.276. The average molecular weight is 405 g/mol. The van der Waals surface area contributed by atoms with Crippen molar-refractivity contribution in [2.45, 2.75) is 25.9 Å². The van der Waals surface area contributed by atoms with Crippen LogP contribution in [0.3, 0.4) is 0 Å². The van der Waals surface area contributed by atoms with Crippen LogP contribution in [0.25, 0.3) is 10.9 Å². The number of rotatable bonds is 1. The summed E-state index contributed by atoms with van der Waals surface area (Å²) in [6, 6.07) is 11.1. The zero-order valence-electron chi connectivity index (χ0n) is 15.8. The van der Waals surface area contributed by atoms with Gasteiger partial charge in [0.25, 0.3) is 0 Å². The molecule has 1 saturated heterocycles. The zero-order chi connectivity index (χ0) is 19.7. The van der Waals surface area contributed by atoms with Crippen LogP contribution in [0.2, 0.25) is 0 Å². The average Bonchev–Trinajstić information content (AvgIpc) is 3.35. The van der Waals surface area contributed by atoms with Gasteiger partial charge >= 0.3 is 0 Å². The lowest BCUT2D eigenvalue weighted by Gasteiger charge is -2.47. The van der Waals surface area contributed by atoms with Gasteiger partial charge < -0.3 is 24.3 Å². The Morgan fingerprint density at radius 1 is 1.07 bits per heavy atom. The molecule has 0 spiro atoms. The van der Waals surface area contributed by atoms with Gasteiger partial charge in [0.2, 0.25) is 18.6 Å². The van der Waals surface area contributed by atoms with Gasteiger partial charge in [0.15, 0.2) is 11.5 Å². The summed E-state index contributed by atoms with van der Waals surface area (Å²) in [5, 5.41) is 1.04. The minimum Gasteiger partial charge on any atom is -0.454 e. The van der Waals surface area contributed by atoms with Crippen LogP contribution in [0.4, 0.5) is 0 Å². The minimum absolute atomic E-state index is 0. The number of hydrogen-bond acceptors (Lipinski definition) is 4. The number of carbonyl (C=O) groups excluding carboxylic acids is 2. The highest BCUT2D eigenvalue weighted by Crippen LogP contribution is 2.46. The molecule has 6 rings (SSSR count). The summed E-state index contributed by atoms with van der Waals surface area (Å²) in [5.74, 6) is 1.30. The lowest BCUT2D eigenvalue weighted by Crippen LogP contribution is -2.62. The third-order valence-corrected chi connectivity index (χ3v) is 6.19. The summed E-state index contributed by atoms with van der Waals surface area (Å²) in [6.07, 6.45) is 2.42. The van der Waals surface area contributed by atoms with Gasteiger partial charge in [0, 0.05) is 36.1 Å². The lowest BCUT2D eigenvalue weighted by atomic mass is 9.82. The summed E-state index contributed by atoms with van der Waals surface area (Å²) >= 11 is 0. The molecule has 0 aliphatic carbocycles. The van der Waals surface area contributed by atoms with Crippen molar-refractivity contribution in [3.63, 3.8) is 0 Å². The van der Waals surface area contributed by atoms with Crippen LogP contribution in [0, 0.1) is 0 Å². The SMILES string of the molecule is C.CN1CC(=O)N2[C@H](c3c[nH]c4ccccc34)c3cc4c(cc3C[C@H]2C1=O)OCO4. The number of amides is 2. The van der Waals surface area contributed by atoms with E-state index in [1.807, 2.05) is 42.6 Å². The Hall–Kier alpha value is -3.48. The number of fused-ring (bicyclic) bond motifs is 4. The molecule has 30 heavy (non-hydrogen) atoms. The van der Waals surface area contributed by atoms with Crippen molar-refractivity contribution in [3.8, 4) is 11.5 Å². The molecule has 1 aromatic heterocycles. The van der Waals surface area contributed by atoms with Crippen molar-refractivity contribution in [3.05, 3.63) is 59.3 Å². The molecule has 2 atom stereocenters. The molecule has 2 amide bonds. The van der Waals surface area contributed by atoms with Gasteiger partial charge in [-0.25, -0.2) is 0 Å². The molecule has 3 aromatic rings. The van der Waals surface area contributed by atoms with E-state index in [4.69, 9.17) is 9.47 Å². The number of aromatic nitrogens is 1. The quantitative estimate of drug-likeness (QED) is 0.676. The van der Waals surface area contributed by atoms with Crippen LogP contribution in [-0.2, 0) is 16.0 Å². The van der Waals surface area contributed by atoms with Crippen molar-refractivity contribution in [2.24, 2.45) is 0 Å². The van der Waals surface area contributed by atoms with E-state index >= 15 is 0 Å². The minimum atomic E-state index is -0.521. The first-order valence-corrected chi connectivity index (χ1v) is 9.66. The fourth-order valence-corrected chi connectivity index (χ4v) is 4.85. The molecule has 1 N–H and O–H groups in total. The van der Waals surface area contributed by atoms with E-state index in [-0.39, 0.29) is 38.6 Å². The molecular formula is C23H23N3O4. The molecule has 0 saturated carbocycles. The normalized spacial score (nSPS) is 22.0. The maximum atomic E-state index is 13.1. The molecule has 1 fully saturated rings. The van der Waals surface area contributed by atoms with E-state index < -0.39 is 6.04 Å². The highest BCUT2D eigenvalue weighted by molar-refractivity contribution is 5.97. The summed E-state index contributed by atoms with van der Waals surface area (Å²) in [4.78, 5) is 32.7. The van der Waals surface area contributed by atoms with Crippen molar-refractivity contribution in [2.75, 3.05) is 20.4 Å².